The molecule has 138 valence electrons. The average Bonchev–Trinajstić information content (AvgIpc) is 3.25. The Labute approximate surface area is 155 Å². The minimum Gasteiger partial charge on any atom is -0.497 e. The van der Waals surface area contributed by atoms with Crippen LogP contribution < -0.4 is 10.1 Å². The van der Waals surface area contributed by atoms with Crippen LogP contribution in [0.4, 0.5) is 0 Å². The minimum atomic E-state index is -0.573. The molecule has 8 nitrogen and oxygen atoms in total. The van der Waals surface area contributed by atoms with E-state index in [1.165, 1.54) is 6.33 Å². The highest BCUT2D eigenvalue weighted by atomic mass is 16.5. The van der Waals surface area contributed by atoms with Gasteiger partial charge in [-0.2, -0.15) is 5.10 Å². The fraction of sp³-hybridized carbons (Fsp3) is 0.158. The van der Waals surface area contributed by atoms with Crippen molar-refractivity contribution in [1.82, 2.24) is 20.1 Å². The van der Waals surface area contributed by atoms with E-state index in [1.54, 1.807) is 42.4 Å². The summed E-state index contributed by atoms with van der Waals surface area (Å²) in [5, 5.41) is 6.70. The highest BCUT2D eigenvalue weighted by molar-refractivity contribution is 5.91. The first-order valence-electron chi connectivity index (χ1n) is 8.17. The summed E-state index contributed by atoms with van der Waals surface area (Å²) in [5.74, 6) is -0.246. The Balaban J connectivity index is 1.47. The average molecular weight is 366 g/mol. The Hall–Kier alpha value is -3.68. The van der Waals surface area contributed by atoms with Crippen LogP contribution in [0.25, 0.3) is 5.69 Å². The maximum absolute atomic E-state index is 12.1. The SMILES string of the molecule is COc1cccc(CNC(=O)COC(=O)c2ccc(-n3cncn3)cc2)c1. The Bertz CT molecular complexity index is 908. The number of aromatic nitrogens is 3. The fourth-order valence-corrected chi connectivity index (χ4v) is 2.34. The van der Waals surface area contributed by atoms with Crippen molar-refractivity contribution in [3.8, 4) is 11.4 Å². The summed E-state index contributed by atoms with van der Waals surface area (Å²) < 4.78 is 11.7. The van der Waals surface area contributed by atoms with Gasteiger partial charge in [0.05, 0.1) is 18.4 Å². The lowest BCUT2D eigenvalue weighted by molar-refractivity contribution is -0.124. The summed E-state index contributed by atoms with van der Waals surface area (Å²) in [6.07, 6.45) is 2.98. The van der Waals surface area contributed by atoms with E-state index in [9.17, 15) is 9.59 Å². The molecule has 3 rings (SSSR count). The highest BCUT2D eigenvalue weighted by Gasteiger charge is 2.10. The van der Waals surface area contributed by atoms with Gasteiger partial charge >= 0.3 is 5.97 Å². The molecule has 0 saturated carbocycles. The van der Waals surface area contributed by atoms with Gasteiger partial charge < -0.3 is 14.8 Å². The molecule has 0 radical (unpaired) electrons. The van der Waals surface area contributed by atoms with Crippen molar-refractivity contribution >= 4 is 11.9 Å². The molecule has 0 atom stereocenters. The van der Waals surface area contributed by atoms with Gasteiger partial charge in [0.15, 0.2) is 6.61 Å². The van der Waals surface area contributed by atoms with Crippen molar-refractivity contribution in [2.24, 2.45) is 0 Å². The van der Waals surface area contributed by atoms with Crippen LogP contribution in [-0.2, 0) is 16.1 Å². The molecule has 0 bridgehead atoms. The number of carbonyl (C=O) groups excluding carboxylic acids is 2. The zero-order valence-electron chi connectivity index (χ0n) is 14.7. The number of methoxy groups -OCH3 is 1. The number of carbonyl (C=O) groups is 2. The molecule has 0 fully saturated rings. The topological polar surface area (TPSA) is 95.3 Å². The second kappa shape index (κ2) is 8.61. The second-order valence-electron chi connectivity index (χ2n) is 5.59. The number of hydrogen-bond acceptors (Lipinski definition) is 6. The van der Waals surface area contributed by atoms with Gasteiger partial charge in [0.1, 0.15) is 18.4 Å². The number of rotatable bonds is 7. The lowest BCUT2D eigenvalue weighted by Gasteiger charge is -2.08. The molecular formula is C19H18N4O4. The molecule has 3 aromatic rings. The number of ether oxygens (including phenoxy) is 2. The third-order valence-corrected chi connectivity index (χ3v) is 3.74. The zero-order chi connectivity index (χ0) is 19.1. The van der Waals surface area contributed by atoms with Gasteiger partial charge in [0.2, 0.25) is 0 Å². The molecule has 27 heavy (non-hydrogen) atoms. The molecule has 1 heterocycles. The van der Waals surface area contributed by atoms with Gasteiger partial charge in [-0.25, -0.2) is 14.5 Å². The lowest BCUT2D eigenvalue weighted by atomic mass is 10.2. The summed E-state index contributed by atoms with van der Waals surface area (Å²) in [6.45, 7) is -0.0339. The van der Waals surface area contributed by atoms with Gasteiger partial charge in [-0.05, 0) is 42.0 Å². The summed E-state index contributed by atoms with van der Waals surface area (Å²) in [5.41, 5.74) is 2.00. The van der Waals surface area contributed by atoms with Crippen molar-refractivity contribution in [2.75, 3.05) is 13.7 Å². The van der Waals surface area contributed by atoms with E-state index in [-0.39, 0.29) is 12.5 Å². The Morgan fingerprint density at radius 2 is 1.96 bits per heavy atom. The highest BCUT2D eigenvalue weighted by Crippen LogP contribution is 2.12. The maximum Gasteiger partial charge on any atom is 0.338 e. The standard InChI is InChI=1S/C19H18N4O4/c1-26-17-4-2-3-14(9-17)10-21-18(24)11-27-19(25)15-5-7-16(8-6-15)23-13-20-12-22-23/h2-9,12-13H,10-11H2,1H3,(H,21,24). The van der Waals surface area contributed by atoms with Gasteiger partial charge in [0.25, 0.3) is 5.91 Å². The molecule has 1 amide bonds. The molecule has 0 aliphatic heterocycles. The second-order valence-corrected chi connectivity index (χ2v) is 5.59. The van der Waals surface area contributed by atoms with Crippen LogP contribution in [-0.4, -0.2) is 40.4 Å². The minimum absolute atomic E-state index is 0.320. The molecule has 0 saturated heterocycles. The summed E-state index contributed by atoms with van der Waals surface area (Å²) in [7, 11) is 1.58. The van der Waals surface area contributed by atoms with E-state index >= 15 is 0 Å². The molecule has 0 spiro atoms. The van der Waals surface area contributed by atoms with E-state index in [4.69, 9.17) is 9.47 Å². The largest absolute Gasteiger partial charge is 0.497 e. The van der Waals surface area contributed by atoms with E-state index < -0.39 is 5.97 Å². The van der Waals surface area contributed by atoms with Crippen molar-refractivity contribution < 1.29 is 19.1 Å². The van der Waals surface area contributed by atoms with E-state index in [0.717, 1.165) is 11.3 Å². The predicted molar refractivity (Wildman–Crippen MR) is 96.5 cm³/mol. The van der Waals surface area contributed by atoms with E-state index in [0.29, 0.717) is 17.9 Å². The van der Waals surface area contributed by atoms with Gasteiger partial charge in [0, 0.05) is 6.54 Å². The third-order valence-electron chi connectivity index (χ3n) is 3.74. The van der Waals surface area contributed by atoms with E-state index in [2.05, 4.69) is 15.4 Å². The fourth-order valence-electron chi connectivity index (χ4n) is 2.34. The van der Waals surface area contributed by atoms with Crippen LogP contribution in [0, 0.1) is 0 Å². The van der Waals surface area contributed by atoms with Gasteiger partial charge in [-0.3, -0.25) is 4.79 Å². The number of hydrogen-bond donors (Lipinski definition) is 1. The van der Waals surface area contributed by atoms with Crippen molar-refractivity contribution in [1.29, 1.82) is 0 Å². The molecule has 8 heteroatoms. The Morgan fingerprint density at radius 1 is 1.15 bits per heavy atom. The van der Waals surface area contributed by atoms with Crippen molar-refractivity contribution in [2.45, 2.75) is 6.54 Å². The molecule has 0 aliphatic rings. The van der Waals surface area contributed by atoms with Gasteiger partial charge in [-0.15, -0.1) is 0 Å². The van der Waals surface area contributed by atoms with Gasteiger partial charge in [-0.1, -0.05) is 12.1 Å². The van der Waals surface area contributed by atoms with Crippen LogP contribution in [0.15, 0.2) is 61.2 Å². The number of esters is 1. The number of nitrogens with one attached hydrogen (secondary N) is 1. The zero-order valence-corrected chi connectivity index (χ0v) is 14.7. The number of benzene rings is 2. The maximum atomic E-state index is 12.1. The summed E-state index contributed by atoms with van der Waals surface area (Å²) in [4.78, 5) is 27.8. The Morgan fingerprint density at radius 3 is 2.67 bits per heavy atom. The van der Waals surface area contributed by atoms with E-state index in [1.807, 2.05) is 24.3 Å². The molecule has 0 aliphatic carbocycles. The molecule has 2 aromatic carbocycles. The third kappa shape index (κ3) is 4.91. The quantitative estimate of drug-likeness (QED) is 0.640. The van der Waals surface area contributed by atoms with Crippen LogP contribution in [0.1, 0.15) is 15.9 Å². The molecular weight excluding hydrogens is 348 g/mol. The van der Waals surface area contributed by atoms with Crippen LogP contribution in [0.3, 0.4) is 0 Å². The first-order valence-corrected chi connectivity index (χ1v) is 8.17. The van der Waals surface area contributed by atoms with Crippen molar-refractivity contribution in [3.05, 3.63) is 72.3 Å². The molecule has 1 N–H and O–H groups in total. The van der Waals surface area contributed by atoms with Crippen molar-refractivity contribution in [3.63, 3.8) is 0 Å². The summed E-state index contributed by atoms with van der Waals surface area (Å²) in [6, 6.07) is 14.0. The summed E-state index contributed by atoms with van der Waals surface area (Å²) >= 11 is 0. The molecule has 0 unspecified atom stereocenters. The van der Waals surface area contributed by atoms with Crippen LogP contribution in [0.5, 0.6) is 5.75 Å². The first kappa shape index (κ1) is 18.1. The lowest BCUT2D eigenvalue weighted by Crippen LogP contribution is -2.28. The predicted octanol–water partition coefficient (Wildman–Crippen LogP) is 1.75. The number of nitrogens with zero attached hydrogens (tertiary/aromatic N) is 3. The number of amides is 1. The molecule has 1 aromatic heterocycles. The van der Waals surface area contributed by atoms with Crippen LogP contribution in [0.2, 0.25) is 0 Å². The Kier molecular flexibility index (Phi) is 5.78. The first-order chi connectivity index (χ1) is 13.2. The monoisotopic (exact) mass is 366 g/mol. The normalized spacial score (nSPS) is 10.3. The smallest absolute Gasteiger partial charge is 0.338 e. The van der Waals surface area contributed by atoms with Crippen LogP contribution >= 0.6 is 0 Å².